The highest BCUT2D eigenvalue weighted by Crippen LogP contribution is 2.22. The lowest BCUT2D eigenvalue weighted by Crippen LogP contribution is -2.29. The van der Waals surface area contributed by atoms with E-state index in [4.69, 9.17) is 0 Å². The summed E-state index contributed by atoms with van der Waals surface area (Å²) in [5.74, 6) is -0.188. The molecule has 7 nitrogen and oxygen atoms in total. The maximum atomic E-state index is 12.4. The monoisotopic (exact) mass is 388 g/mol. The van der Waals surface area contributed by atoms with Crippen LogP contribution in [0.1, 0.15) is 46.2 Å². The van der Waals surface area contributed by atoms with Crippen LogP contribution in [0.4, 0.5) is 0 Å². The summed E-state index contributed by atoms with van der Waals surface area (Å²) in [6.45, 7) is 6.61. The van der Waals surface area contributed by atoms with E-state index in [-0.39, 0.29) is 18.3 Å². The van der Waals surface area contributed by atoms with E-state index in [1.165, 1.54) is 16.6 Å². The smallest absolute Gasteiger partial charge is 0.273 e. The van der Waals surface area contributed by atoms with E-state index in [1.54, 1.807) is 6.20 Å². The molecule has 0 saturated carbocycles. The highest BCUT2D eigenvalue weighted by atomic mass is 35.5. The summed E-state index contributed by atoms with van der Waals surface area (Å²) in [7, 11) is 0. The fourth-order valence-corrected chi connectivity index (χ4v) is 3.52. The molecule has 1 fully saturated rings. The highest BCUT2D eigenvalue weighted by Gasteiger charge is 2.18. The topological polar surface area (TPSA) is 87.6 Å². The number of piperidine rings is 1. The van der Waals surface area contributed by atoms with Gasteiger partial charge in [0.25, 0.3) is 5.91 Å². The summed E-state index contributed by atoms with van der Waals surface area (Å²) in [4.78, 5) is 15.8. The Morgan fingerprint density at radius 2 is 2.07 bits per heavy atom. The molecule has 1 saturated heterocycles. The third kappa shape index (κ3) is 3.99. The van der Waals surface area contributed by atoms with E-state index >= 15 is 0 Å². The molecule has 3 aromatic rings. The number of hydrogen-bond acceptors (Lipinski definition) is 4. The lowest BCUT2D eigenvalue weighted by Gasteiger charge is -2.22. The molecule has 144 valence electrons. The number of halogens is 1. The summed E-state index contributed by atoms with van der Waals surface area (Å²) in [6.07, 6.45) is 3.79. The van der Waals surface area contributed by atoms with E-state index in [0.717, 1.165) is 37.0 Å². The van der Waals surface area contributed by atoms with Crippen molar-refractivity contribution in [3.8, 4) is 0 Å². The summed E-state index contributed by atoms with van der Waals surface area (Å²) >= 11 is 0. The van der Waals surface area contributed by atoms with Crippen molar-refractivity contribution < 1.29 is 4.79 Å². The van der Waals surface area contributed by atoms with Crippen molar-refractivity contribution in [3.63, 3.8) is 0 Å². The quantitative estimate of drug-likeness (QED) is 0.641. The molecule has 0 unspecified atom stereocenters. The second-order valence-electron chi connectivity index (χ2n) is 7.00. The molecule has 4 rings (SSSR count). The van der Waals surface area contributed by atoms with E-state index in [0.29, 0.717) is 18.3 Å². The van der Waals surface area contributed by atoms with Crippen LogP contribution in [0.5, 0.6) is 0 Å². The molecule has 2 aromatic heterocycles. The number of amides is 1. The number of fused-ring (bicyclic) bond motifs is 1. The fraction of sp³-hybridized carbons (Fsp3) is 0.421. The summed E-state index contributed by atoms with van der Waals surface area (Å²) < 4.78 is 1.83. The first-order valence-corrected chi connectivity index (χ1v) is 9.10. The summed E-state index contributed by atoms with van der Waals surface area (Å²) in [6, 6.07) is 6.54. The van der Waals surface area contributed by atoms with Crippen LogP contribution >= 0.6 is 12.4 Å². The molecule has 1 aliphatic rings. The molecular weight excluding hydrogens is 364 g/mol. The Bertz CT molecular complexity index is 941. The minimum atomic E-state index is -0.188. The van der Waals surface area contributed by atoms with Crippen molar-refractivity contribution in [2.45, 2.75) is 39.3 Å². The van der Waals surface area contributed by atoms with Crippen LogP contribution in [0.3, 0.4) is 0 Å². The van der Waals surface area contributed by atoms with Crippen LogP contribution in [-0.4, -0.2) is 39.0 Å². The molecule has 0 atom stereocenters. The average molecular weight is 389 g/mol. The molecule has 1 amide bonds. The number of rotatable bonds is 4. The van der Waals surface area contributed by atoms with Crippen molar-refractivity contribution in [2.75, 3.05) is 13.1 Å². The number of aryl methyl sites for hydroxylation is 2. The van der Waals surface area contributed by atoms with Crippen molar-refractivity contribution in [1.82, 2.24) is 30.6 Å². The van der Waals surface area contributed by atoms with Crippen LogP contribution in [0.2, 0.25) is 0 Å². The van der Waals surface area contributed by atoms with E-state index in [2.05, 4.69) is 51.9 Å². The minimum absolute atomic E-state index is 0. The van der Waals surface area contributed by atoms with E-state index in [9.17, 15) is 4.79 Å². The molecule has 0 aliphatic carbocycles. The zero-order valence-electron chi connectivity index (χ0n) is 15.6. The third-order valence-corrected chi connectivity index (χ3v) is 5.25. The first-order valence-electron chi connectivity index (χ1n) is 9.10. The SMILES string of the molecule is Cc1[nH]c2ccc(CNC(=O)c3cn(C4CCNCC4)nn3)cc2c1C.Cl. The number of H-pyrrole nitrogens is 1. The number of carbonyl (C=O) groups is 1. The number of nitrogens with one attached hydrogen (secondary N) is 3. The second kappa shape index (κ2) is 8.10. The number of aromatic nitrogens is 4. The first kappa shape index (κ1) is 19.4. The number of hydrogen-bond donors (Lipinski definition) is 3. The fourth-order valence-electron chi connectivity index (χ4n) is 3.52. The zero-order chi connectivity index (χ0) is 18.1. The number of carbonyl (C=O) groups excluding carboxylic acids is 1. The number of nitrogens with zero attached hydrogens (tertiary/aromatic N) is 3. The van der Waals surface area contributed by atoms with Gasteiger partial charge in [0.2, 0.25) is 0 Å². The molecule has 1 aliphatic heterocycles. The summed E-state index contributed by atoms with van der Waals surface area (Å²) in [5.41, 5.74) is 4.99. The van der Waals surface area contributed by atoms with Crippen molar-refractivity contribution >= 4 is 29.2 Å². The van der Waals surface area contributed by atoms with Crippen LogP contribution in [0.15, 0.2) is 24.4 Å². The van der Waals surface area contributed by atoms with Gasteiger partial charge in [0.15, 0.2) is 5.69 Å². The molecule has 0 radical (unpaired) electrons. The predicted molar refractivity (Wildman–Crippen MR) is 107 cm³/mol. The van der Waals surface area contributed by atoms with Crippen molar-refractivity contribution in [3.05, 3.63) is 46.9 Å². The first-order chi connectivity index (χ1) is 12.6. The van der Waals surface area contributed by atoms with Crippen molar-refractivity contribution in [2.24, 2.45) is 0 Å². The molecule has 0 spiro atoms. The van der Waals surface area contributed by atoms with Gasteiger partial charge in [-0.05, 0) is 63.0 Å². The van der Waals surface area contributed by atoms with Gasteiger partial charge in [0, 0.05) is 23.1 Å². The molecule has 3 N–H and O–H groups in total. The molecule has 8 heteroatoms. The maximum Gasteiger partial charge on any atom is 0.273 e. The zero-order valence-corrected chi connectivity index (χ0v) is 16.4. The van der Waals surface area contributed by atoms with Crippen LogP contribution in [-0.2, 0) is 6.54 Å². The second-order valence-corrected chi connectivity index (χ2v) is 7.00. The van der Waals surface area contributed by atoms with Crippen LogP contribution < -0.4 is 10.6 Å². The lowest BCUT2D eigenvalue weighted by molar-refractivity contribution is 0.0946. The predicted octanol–water partition coefficient (Wildman–Crippen LogP) is 2.65. The number of aromatic amines is 1. The van der Waals surface area contributed by atoms with Gasteiger partial charge in [-0.1, -0.05) is 11.3 Å². The molecule has 1 aromatic carbocycles. The molecule has 27 heavy (non-hydrogen) atoms. The largest absolute Gasteiger partial charge is 0.358 e. The van der Waals surface area contributed by atoms with Gasteiger partial charge < -0.3 is 15.6 Å². The molecule has 3 heterocycles. The Hall–Kier alpha value is -2.38. The van der Waals surface area contributed by atoms with Gasteiger partial charge in [-0.2, -0.15) is 0 Å². The molecule has 0 bridgehead atoms. The van der Waals surface area contributed by atoms with Gasteiger partial charge in [0.05, 0.1) is 12.2 Å². The van der Waals surface area contributed by atoms with Gasteiger partial charge >= 0.3 is 0 Å². The van der Waals surface area contributed by atoms with Crippen LogP contribution in [0.25, 0.3) is 10.9 Å². The Balaban J connectivity index is 0.00000210. The lowest BCUT2D eigenvalue weighted by atomic mass is 10.1. The van der Waals surface area contributed by atoms with Gasteiger partial charge in [-0.15, -0.1) is 17.5 Å². The Morgan fingerprint density at radius 3 is 2.85 bits per heavy atom. The Kier molecular flexibility index (Phi) is 5.82. The molecular formula is C19H25ClN6O. The van der Waals surface area contributed by atoms with Gasteiger partial charge in [-0.25, -0.2) is 4.68 Å². The summed E-state index contributed by atoms with van der Waals surface area (Å²) in [5, 5.41) is 15.7. The third-order valence-electron chi connectivity index (χ3n) is 5.25. The van der Waals surface area contributed by atoms with Gasteiger partial charge in [0.1, 0.15) is 0 Å². The Labute approximate surface area is 164 Å². The van der Waals surface area contributed by atoms with Crippen LogP contribution in [0, 0.1) is 13.8 Å². The normalized spacial score (nSPS) is 14.9. The maximum absolute atomic E-state index is 12.4. The standard InChI is InChI=1S/C19H24N6O.ClH/c1-12-13(2)22-17-4-3-14(9-16(12)17)10-21-19(26)18-11-25(24-23-18)15-5-7-20-8-6-15;/h3-4,9,11,15,20,22H,5-8,10H2,1-2H3,(H,21,26);1H. The van der Waals surface area contributed by atoms with E-state index < -0.39 is 0 Å². The number of benzene rings is 1. The van der Waals surface area contributed by atoms with E-state index in [1.807, 2.05) is 10.7 Å². The Morgan fingerprint density at radius 1 is 1.30 bits per heavy atom. The minimum Gasteiger partial charge on any atom is -0.358 e. The van der Waals surface area contributed by atoms with Gasteiger partial charge in [-0.3, -0.25) is 4.79 Å². The average Bonchev–Trinajstić information content (AvgIpc) is 3.27. The highest BCUT2D eigenvalue weighted by molar-refractivity contribution is 5.92. The van der Waals surface area contributed by atoms with Crippen molar-refractivity contribution in [1.29, 1.82) is 0 Å².